The number of nitrogens with zero attached hydrogens (tertiary/aromatic N) is 1. The van der Waals surface area contributed by atoms with E-state index in [1.165, 1.54) is 11.6 Å². The van der Waals surface area contributed by atoms with Crippen LogP contribution in [0, 0.1) is 10.1 Å². The molecule has 0 fully saturated rings. The average Bonchev–Trinajstić information content (AvgIpc) is 2.52. The Bertz CT molecular complexity index is 626. The second-order valence-electron chi connectivity index (χ2n) is 5.41. The Kier molecular flexibility index (Phi) is 5.49. The molecule has 0 heterocycles. The fourth-order valence-electron chi connectivity index (χ4n) is 2.22. The van der Waals surface area contributed by atoms with Gasteiger partial charge in [0.2, 0.25) is 0 Å². The van der Waals surface area contributed by atoms with Crippen molar-refractivity contribution >= 4 is 5.69 Å². The van der Waals surface area contributed by atoms with Crippen molar-refractivity contribution in [3.8, 4) is 5.75 Å². The zero-order valence-electron chi connectivity index (χ0n) is 12.5. The molecule has 2 aromatic carbocycles. The Hall–Kier alpha value is -2.40. The van der Waals surface area contributed by atoms with Gasteiger partial charge in [-0.3, -0.25) is 10.1 Å². The second kappa shape index (κ2) is 7.56. The molecule has 5 heteroatoms. The van der Waals surface area contributed by atoms with Crippen molar-refractivity contribution in [2.24, 2.45) is 0 Å². The Labute approximate surface area is 129 Å². The zero-order valence-corrected chi connectivity index (χ0v) is 12.5. The topological polar surface area (TPSA) is 75.4 Å². The van der Waals surface area contributed by atoms with Gasteiger partial charge in [-0.25, -0.2) is 0 Å². The summed E-state index contributed by atoms with van der Waals surface area (Å²) >= 11 is 0. The molecule has 0 aliphatic carbocycles. The largest absolute Gasteiger partial charge is 0.508 e. The summed E-state index contributed by atoms with van der Waals surface area (Å²) in [6, 6.07) is 14.2. The Morgan fingerprint density at radius 1 is 1.18 bits per heavy atom. The van der Waals surface area contributed by atoms with Crippen LogP contribution in [0.2, 0.25) is 0 Å². The van der Waals surface area contributed by atoms with Gasteiger partial charge in [-0.05, 0) is 43.0 Å². The van der Waals surface area contributed by atoms with Gasteiger partial charge in [-0.15, -0.1) is 0 Å². The van der Waals surface area contributed by atoms with Crippen LogP contribution in [0.4, 0.5) is 5.69 Å². The predicted molar refractivity (Wildman–Crippen MR) is 85.8 cm³/mol. The summed E-state index contributed by atoms with van der Waals surface area (Å²) in [5, 5.41) is 23.4. The molecule has 2 aromatic rings. The lowest BCUT2D eigenvalue weighted by Gasteiger charge is -2.14. The van der Waals surface area contributed by atoms with Gasteiger partial charge in [0, 0.05) is 24.7 Å². The van der Waals surface area contributed by atoms with E-state index in [-0.39, 0.29) is 16.4 Å². The highest BCUT2D eigenvalue weighted by molar-refractivity contribution is 5.34. The van der Waals surface area contributed by atoms with Crippen molar-refractivity contribution in [3.63, 3.8) is 0 Å². The van der Waals surface area contributed by atoms with Crippen molar-refractivity contribution in [2.45, 2.75) is 32.4 Å². The van der Waals surface area contributed by atoms with Gasteiger partial charge in [-0.1, -0.05) is 24.3 Å². The number of aromatic hydroxyl groups is 1. The monoisotopic (exact) mass is 300 g/mol. The van der Waals surface area contributed by atoms with Crippen LogP contribution in [0.15, 0.2) is 48.5 Å². The van der Waals surface area contributed by atoms with Gasteiger partial charge in [0.1, 0.15) is 5.75 Å². The summed E-state index contributed by atoms with van der Waals surface area (Å²) in [5.74, 6) is 0.278. The van der Waals surface area contributed by atoms with Gasteiger partial charge in [0.05, 0.1) is 4.92 Å². The van der Waals surface area contributed by atoms with Crippen molar-refractivity contribution in [1.82, 2.24) is 5.32 Å². The molecule has 0 aromatic heterocycles. The van der Waals surface area contributed by atoms with E-state index >= 15 is 0 Å². The van der Waals surface area contributed by atoms with E-state index in [9.17, 15) is 15.2 Å². The minimum absolute atomic E-state index is 0.121. The number of phenols is 1. The number of rotatable bonds is 7. The standard InChI is InChI=1S/C17H20N2O3/c1-13(5-6-14-7-9-17(20)10-8-14)18-12-15-3-2-4-16(11-15)19(21)22/h2-4,7-11,13,18,20H,5-6,12H2,1H3. The Balaban J connectivity index is 1.80. The van der Waals surface area contributed by atoms with E-state index in [1.54, 1.807) is 24.3 Å². The van der Waals surface area contributed by atoms with Crippen LogP contribution < -0.4 is 5.32 Å². The summed E-state index contributed by atoms with van der Waals surface area (Å²) < 4.78 is 0. The van der Waals surface area contributed by atoms with Crippen LogP contribution in [-0.4, -0.2) is 16.1 Å². The maximum Gasteiger partial charge on any atom is 0.269 e. The number of phenolic OH excluding ortho intramolecular Hbond substituents is 1. The number of nitro groups is 1. The Morgan fingerprint density at radius 3 is 2.59 bits per heavy atom. The summed E-state index contributed by atoms with van der Waals surface area (Å²) in [7, 11) is 0. The van der Waals surface area contributed by atoms with E-state index < -0.39 is 0 Å². The van der Waals surface area contributed by atoms with Gasteiger partial charge < -0.3 is 10.4 Å². The first kappa shape index (κ1) is 16.0. The molecular formula is C17H20N2O3. The van der Waals surface area contributed by atoms with E-state index in [0.29, 0.717) is 12.6 Å². The minimum atomic E-state index is -0.377. The van der Waals surface area contributed by atoms with Crippen LogP contribution >= 0.6 is 0 Å². The zero-order chi connectivity index (χ0) is 15.9. The predicted octanol–water partition coefficient (Wildman–Crippen LogP) is 3.41. The van der Waals surface area contributed by atoms with E-state index in [0.717, 1.165) is 18.4 Å². The highest BCUT2D eigenvalue weighted by Gasteiger charge is 2.07. The molecule has 22 heavy (non-hydrogen) atoms. The highest BCUT2D eigenvalue weighted by atomic mass is 16.6. The lowest BCUT2D eigenvalue weighted by Crippen LogP contribution is -2.25. The first-order valence-electron chi connectivity index (χ1n) is 7.29. The lowest BCUT2D eigenvalue weighted by atomic mass is 10.1. The number of hydrogen-bond donors (Lipinski definition) is 2. The van der Waals surface area contributed by atoms with Crippen molar-refractivity contribution < 1.29 is 10.0 Å². The number of hydrogen-bond acceptors (Lipinski definition) is 4. The number of nitrogens with one attached hydrogen (secondary N) is 1. The SMILES string of the molecule is CC(CCc1ccc(O)cc1)NCc1cccc([N+](=O)[O-])c1. The first-order valence-corrected chi connectivity index (χ1v) is 7.29. The van der Waals surface area contributed by atoms with Gasteiger partial charge >= 0.3 is 0 Å². The van der Waals surface area contributed by atoms with Crippen LogP contribution in [-0.2, 0) is 13.0 Å². The van der Waals surface area contributed by atoms with E-state index in [1.807, 2.05) is 18.2 Å². The van der Waals surface area contributed by atoms with Crippen LogP contribution in [0.3, 0.4) is 0 Å². The molecule has 2 rings (SSSR count). The quantitative estimate of drug-likeness (QED) is 0.607. The maximum absolute atomic E-state index is 10.7. The molecule has 0 saturated carbocycles. The number of benzene rings is 2. The Morgan fingerprint density at radius 2 is 1.91 bits per heavy atom. The third-order valence-electron chi connectivity index (χ3n) is 3.58. The first-order chi connectivity index (χ1) is 10.5. The molecule has 0 saturated heterocycles. The molecule has 5 nitrogen and oxygen atoms in total. The summed E-state index contributed by atoms with van der Waals surface area (Å²) in [6.45, 7) is 2.70. The van der Waals surface area contributed by atoms with Crippen molar-refractivity contribution in [3.05, 3.63) is 69.8 Å². The average molecular weight is 300 g/mol. The molecule has 1 unspecified atom stereocenters. The fourth-order valence-corrected chi connectivity index (χ4v) is 2.22. The normalized spacial score (nSPS) is 12.0. The molecular weight excluding hydrogens is 280 g/mol. The maximum atomic E-state index is 10.7. The minimum Gasteiger partial charge on any atom is -0.508 e. The van der Waals surface area contributed by atoms with E-state index in [2.05, 4.69) is 12.2 Å². The fraction of sp³-hybridized carbons (Fsp3) is 0.294. The molecule has 116 valence electrons. The van der Waals surface area contributed by atoms with Crippen LogP contribution in [0.25, 0.3) is 0 Å². The smallest absolute Gasteiger partial charge is 0.269 e. The summed E-state index contributed by atoms with van der Waals surface area (Å²) in [5.41, 5.74) is 2.21. The molecule has 0 aliphatic heterocycles. The number of nitro benzene ring substituents is 1. The van der Waals surface area contributed by atoms with Crippen molar-refractivity contribution in [1.29, 1.82) is 0 Å². The molecule has 2 N–H and O–H groups in total. The number of non-ortho nitro benzene ring substituents is 1. The molecule has 1 atom stereocenters. The van der Waals surface area contributed by atoms with Crippen molar-refractivity contribution in [2.75, 3.05) is 0 Å². The van der Waals surface area contributed by atoms with Crippen LogP contribution in [0.1, 0.15) is 24.5 Å². The van der Waals surface area contributed by atoms with Gasteiger partial charge in [-0.2, -0.15) is 0 Å². The molecule has 0 radical (unpaired) electrons. The summed E-state index contributed by atoms with van der Waals surface area (Å²) in [6.07, 6.45) is 1.88. The molecule has 0 spiro atoms. The van der Waals surface area contributed by atoms with Gasteiger partial charge in [0.25, 0.3) is 5.69 Å². The molecule has 0 amide bonds. The summed E-state index contributed by atoms with van der Waals surface area (Å²) in [4.78, 5) is 10.4. The lowest BCUT2D eigenvalue weighted by molar-refractivity contribution is -0.384. The second-order valence-corrected chi connectivity index (χ2v) is 5.41. The number of aryl methyl sites for hydroxylation is 1. The van der Waals surface area contributed by atoms with Crippen LogP contribution in [0.5, 0.6) is 5.75 Å². The highest BCUT2D eigenvalue weighted by Crippen LogP contribution is 2.14. The molecule has 0 bridgehead atoms. The van der Waals surface area contributed by atoms with Gasteiger partial charge in [0.15, 0.2) is 0 Å². The molecule has 0 aliphatic rings. The third kappa shape index (κ3) is 4.86. The van der Waals surface area contributed by atoms with E-state index in [4.69, 9.17) is 0 Å². The third-order valence-corrected chi connectivity index (χ3v) is 3.58.